The number of nitrogens with zero attached hydrogens (tertiary/aromatic N) is 1. The van der Waals surface area contributed by atoms with Crippen LogP contribution in [0.15, 0.2) is 6.20 Å². The molecular weight excluding hydrogens is 202 g/mol. The van der Waals surface area contributed by atoms with Crippen LogP contribution in [-0.4, -0.2) is 4.98 Å². The maximum absolute atomic E-state index is 4.60. The number of aryl methyl sites for hydroxylation is 1. The Morgan fingerprint density at radius 2 is 2.27 bits per heavy atom. The summed E-state index contributed by atoms with van der Waals surface area (Å²) < 4.78 is 0. The average Bonchev–Trinajstić information content (AvgIpc) is 2.78. The molecule has 1 aromatic rings. The van der Waals surface area contributed by atoms with Crippen LogP contribution >= 0.6 is 11.3 Å². The quantitative estimate of drug-likeness (QED) is 0.740. The van der Waals surface area contributed by atoms with Crippen molar-refractivity contribution >= 4 is 11.3 Å². The first-order valence-corrected chi connectivity index (χ1v) is 7.09. The van der Waals surface area contributed by atoms with Gasteiger partial charge < -0.3 is 0 Å². The molecule has 1 aliphatic rings. The Morgan fingerprint density at radius 1 is 1.40 bits per heavy atom. The molecule has 0 bridgehead atoms. The molecule has 1 fully saturated rings. The molecule has 1 aromatic heterocycles. The average molecular weight is 223 g/mol. The molecule has 15 heavy (non-hydrogen) atoms. The highest BCUT2D eigenvalue weighted by atomic mass is 32.1. The van der Waals surface area contributed by atoms with Crippen LogP contribution in [0.5, 0.6) is 0 Å². The van der Waals surface area contributed by atoms with E-state index in [0.29, 0.717) is 0 Å². The molecule has 2 atom stereocenters. The second-order valence-electron chi connectivity index (χ2n) is 4.66. The van der Waals surface area contributed by atoms with Crippen LogP contribution in [-0.2, 0) is 6.42 Å². The molecule has 84 valence electrons. The van der Waals surface area contributed by atoms with E-state index in [1.807, 2.05) is 11.3 Å². The minimum Gasteiger partial charge on any atom is -0.249 e. The first-order chi connectivity index (χ1) is 7.33. The first kappa shape index (κ1) is 11.1. The lowest BCUT2D eigenvalue weighted by molar-refractivity contribution is 0.314. The van der Waals surface area contributed by atoms with Gasteiger partial charge in [-0.25, -0.2) is 4.98 Å². The second kappa shape index (κ2) is 5.11. The van der Waals surface area contributed by atoms with Crippen molar-refractivity contribution in [2.24, 2.45) is 5.92 Å². The predicted octanol–water partition coefficient (Wildman–Crippen LogP) is 4.39. The van der Waals surface area contributed by atoms with Gasteiger partial charge in [-0.05, 0) is 25.2 Å². The van der Waals surface area contributed by atoms with Gasteiger partial charge in [0.15, 0.2) is 0 Å². The van der Waals surface area contributed by atoms with E-state index in [0.717, 1.165) is 18.3 Å². The Kier molecular flexibility index (Phi) is 3.79. The topological polar surface area (TPSA) is 12.9 Å². The summed E-state index contributed by atoms with van der Waals surface area (Å²) in [7, 11) is 0. The van der Waals surface area contributed by atoms with E-state index in [1.54, 1.807) is 0 Å². The molecule has 2 unspecified atom stereocenters. The Hall–Kier alpha value is -0.370. The summed E-state index contributed by atoms with van der Waals surface area (Å²) in [5, 5.41) is 1.41. The summed E-state index contributed by atoms with van der Waals surface area (Å²) in [5.74, 6) is 1.73. The molecule has 0 aromatic carbocycles. The van der Waals surface area contributed by atoms with E-state index in [9.17, 15) is 0 Å². The summed E-state index contributed by atoms with van der Waals surface area (Å²) in [6.07, 6.45) is 10.2. The summed E-state index contributed by atoms with van der Waals surface area (Å²) in [4.78, 5) is 6.05. The SMILES string of the molecule is CCc1cnc(C2CCCC(CC)C2)s1. The third-order valence-corrected chi connectivity index (χ3v) is 4.93. The van der Waals surface area contributed by atoms with Gasteiger partial charge in [0.25, 0.3) is 0 Å². The first-order valence-electron chi connectivity index (χ1n) is 6.28. The van der Waals surface area contributed by atoms with Crippen molar-refractivity contribution in [1.82, 2.24) is 4.98 Å². The highest BCUT2D eigenvalue weighted by Crippen LogP contribution is 2.38. The van der Waals surface area contributed by atoms with Crippen LogP contribution in [0, 0.1) is 5.92 Å². The smallest absolute Gasteiger partial charge is 0.0958 e. The number of hydrogen-bond acceptors (Lipinski definition) is 2. The summed E-state index contributed by atoms with van der Waals surface area (Å²) in [5.41, 5.74) is 0. The monoisotopic (exact) mass is 223 g/mol. The zero-order chi connectivity index (χ0) is 10.7. The van der Waals surface area contributed by atoms with Crippen LogP contribution in [0.2, 0.25) is 0 Å². The fourth-order valence-electron chi connectivity index (χ4n) is 2.56. The van der Waals surface area contributed by atoms with Crippen molar-refractivity contribution < 1.29 is 0 Å². The molecule has 1 aliphatic carbocycles. The van der Waals surface area contributed by atoms with Crippen LogP contribution in [0.25, 0.3) is 0 Å². The van der Waals surface area contributed by atoms with Crippen LogP contribution in [0.4, 0.5) is 0 Å². The van der Waals surface area contributed by atoms with Crippen molar-refractivity contribution in [2.45, 2.75) is 58.3 Å². The molecule has 0 radical (unpaired) electrons. The minimum atomic E-state index is 0.772. The van der Waals surface area contributed by atoms with Gasteiger partial charge in [0.05, 0.1) is 5.01 Å². The fraction of sp³-hybridized carbons (Fsp3) is 0.769. The normalized spacial score (nSPS) is 26.8. The van der Waals surface area contributed by atoms with Crippen molar-refractivity contribution in [3.05, 3.63) is 16.1 Å². The van der Waals surface area contributed by atoms with Crippen LogP contribution in [0.1, 0.15) is 61.8 Å². The standard InChI is InChI=1S/C13H21NS/c1-3-10-6-5-7-11(8-10)13-14-9-12(4-2)15-13/h9-11H,3-8H2,1-2H3. The molecule has 0 saturated heterocycles. The molecule has 2 rings (SSSR count). The van der Waals surface area contributed by atoms with E-state index in [-0.39, 0.29) is 0 Å². The molecule has 0 N–H and O–H groups in total. The van der Waals surface area contributed by atoms with Gasteiger partial charge in [-0.2, -0.15) is 0 Å². The van der Waals surface area contributed by atoms with Crippen molar-refractivity contribution in [1.29, 1.82) is 0 Å². The number of rotatable bonds is 3. The highest BCUT2D eigenvalue weighted by molar-refractivity contribution is 7.11. The lowest BCUT2D eigenvalue weighted by atomic mass is 9.80. The second-order valence-corrected chi connectivity index (χ2v) is 5.80. The Bertz CT molecular complexity index is 305. The number of hydrogen-bond donors (Lipinski definition) is 0. The summed E-state index contributed by atoms with van der Waals surface area (Å²) >= 11 is 1.94. The zero-order valence-corrected chi connectivity index (χ0v) is 10.6. The number of thiazole rings is 1. The maximum atomic E-state index is 4.60. The zero-order valence-electron chi connectivity index (χ0n) is 9.83. The summed E-state index contributed by atoms with van der Waals surface area (Å²) in [6, 6.07) is 0. The van der Waals surface area contributed by atoms with Crippen molar-refractivity contribution in [3.63, 3.8) is 0 Å². The predicted molar refractivity (Wildman–Crippen MR) is 66.5 cm³/mol. The van der Waals surface area contributed by atoms with E-state index >= 15 is 0 Å². The van der Waals surface area contributed by atoms with E-state index in [1.165, 1.54) is 42.0 Å². The maximum Gasteiger partial charge on any atom is 0.0958 e. The lowest BCUT2D eigenvalue weighted by Gasteiger charge is -2.26. The molecular formula is C13H21NS. The molecule has 2 heteroatoms. The van der Waals surface area contributed by atoms with Gasteiger partial charge in [0.2, 0.25) is 0 Å². The third kappa shape index (κ3) is 2.60. The molecule has 1 nitrogen and oxygen atoms in total. The van der Waals surface area contributed by atoms with E-state index in [2.05, 4.69) is 25.0 Å². The van der Waals surface area contributed by atoms with E-state index in [4.69, 9.17) is 0 Å². The third-order valence-electron chi connectivity index (χ3n) is 3.63. The molecule has 0 aliphatic heterocycles. The number of aromatic nitrogens is 1. The van der Waals surface area contributed by atoms with Crippen LogP contribution < -0.4 is 0 Å². The van der Waals surface area contributed by atoms with Gasteiger partial charge in [0, 0.05) is 17.0 Å². The molecule has 1 saturated carbocycles. The Morgan fingerprint density at radius 3 is 2.93 bits per heavy atom. The minimum absolute atomic E-state index is 0.772. The fourth-order valence-corrected chi connectivity index (χ4v) is 3.57. The van der Waals surface area contributed by atoms with Crippen molar-refractivity contribution in [2.75, 3.05) is 0 Å². The van der Waals surface area contributed by atoms with Gasteiger partial charge in [0.1, 0.15) is 0 Å². The highest BCUT2D eigenvalue weighted by Gasteiger charge is 2.23. The van der Waals surface area contributed by atoms with Gasteiger partial charge in [-0.1, -0.05) is 33.1 Å². The Balaban J connectivity index is 2.03. The lowest BCUT2D eigenvalue weighted by Crippen LogP contribution is -2.13. The Labute approximate surface area is 96.9 Å². The van der Waals surface area contributed by atoms with Crippen molar-refractivity contribution in [3.8, 4) is 0 Å². The molecule has 0 amide bonds. The van der Waals surface area contributed by atoms with Gasteiger partial charge in [-0.15, -0.1) is 11.3 Å². The van der Waals surface area contributed by atoms with Gasteiger partial charge in [-0.3, -0.25) is 0 Å². The van der Waals surface area contributed by atoms with E-state index < -0.39 is 0 Å². The largest absolute Gasteiger partial charge is 0.249 e. The van der Waals surface area contributed by atoms with Gasteiger partial charge >= 0.3 is 0 Å². The molecule has 1 heterocycles. The molecule has 0 spiro atoms. The van der Waals surface area contributed by atoms with Crippen LogP contribution in [0.3, 0.4) is 0 Å². The summed E-state index contributed by atoms with van der Waals surface area (Å²) in [6.45, 7) is 4.54.